The van der Waals surface area contributed by atoms with E-state index in [0.29, 0.717) is 48.8 Å². The molecule has 12 aliphatic rings. The zero-order chi connectivity index (χ0) is 39.7. The molecular weight excluding hydrogens is 732 g/mol. The van der Waals surface area contributed by atoms with Gasteiger partial charge in [-0.1, -0.05) is 44.0 Å². The van der Waals surface area contributed by atoms with Crippen LogP contribution in [0.2, 0.25) is 0 Å². The number of aliphatic hydroxyl groups is 3. The van der Waals surface area contributed by atoms with Crippen LogP contribution in [0.25, 0.3) is 0 Å². The first kappa shape index (κ1) is 35.3. The monoisotopic (exact) mass is 780 g/mol. The second-order valence-corrected chi connectivity index (χ2v) is 19.7. The van der Waals surface area contributed by atoms with Gasteiger partial charge in [0.1, 0.15) is 35.3 Å². The molecule has 12 nitrogen and oxygen atoms in total. The molecule has 5 saturated carbocycles. The van der Waals surface area contributed by atoms with Gasteiger partial charge in [0.2, 0.25) is 5.79 Å². The lowest BCUT2D eigenvalue weighted by Gasteiger charge is -2.54. The number of hydrogen-bond acceptors (Lipinski definition) is 12. The Morgan fingerprint density at radius 1 is 0.596 bits per heavy atom. The van der Waals surface area contributed by atoms with E-state index in [4.69, 9.17) is 23.7 Å². The molecule has 0 unspecified atom stereocenters. The summed E-state index contributed by atoms with van der Waals surface area (Å²) in [5.74, 6) is -10.6. The van der Waals surface area contributed by atoms with Gasteiger partial charge >= 0.3 is 17.9 Å². The van der Waals surface area contributed by atoms with E-state index in [-0.39, 0.29) is 73.7 Å². The Balaban J connectivity index is 1.13. The molecule has 0 radical (unpaired) electrons. The summed E-state index contributed by atoms with van der Waals surface area (Å²) in [6, 6.07) is 0. The number of rotatable bonds is 0. The minimum atomic E-state index is -2.23. The molecule has 12 rings (SSSR count). The highest BCUT2D eigenvalue weighted by Crippen LogP contribution is 2.80. The number of ketones is 1. The van der Waals surface area contributed by atoms with Gasteiger partial charge < -0.3 is 39.0 Å². The van der Waals surface area contributed by atoms with Crippen molar-refractivity contribution in [3.8, 4) is 0 Å². The average molecular weight is 781 g/mol. The molecule has 5 aliphatic heterocycles. The fourth-order valence-electron chi connectivity index (χ4n) is 15.5. The van der Waals surface area contributed by atoms with Crippen molar-refractivity contribution in [3.63, 3.8) is 0 Å². The summed E-state index contributed by atoms with van der Waals surface area (Å²) < 4.78 is 33.3. The first-order chi connectivity index (χ1) is 27.0. The lowest BCUT2D eigenvalue weighted by molar-refractivity contribution is -0.322. The van der Waals surface area contributed by atoms with Crippen molar-refractivity contribution in [2.24, 2.45) is 52.8 Å². The van der Waals surface area contributed by atoms with Gasteiger partial charge in [0, 0.05) is 64.7 Å². The molecule has 2 bridgehead atoms. The molecule has 12 heteroatoms. The van der Waals surface area contributed by atoms with E-state index < -0.39 is 106 Å². The zero-order valence-corrected chi connectivity index (χ0v) is 31.9. The van der Waals surface area contributed by atoms with Gasteiger partial charge in [0.15, 0.2) is 5.79 Å². The van der Waals surface area contributed by atoms with E-state index in [2.05, 4.69) is 32.9 Å². The highest BCUT2D eigenvalue weighted by molar-refractivity contribution is 5.96. The van der Waals surface area contributed by atoms with E-state index >= 15 is 4.79 Å². The summed E-state index contributed by atoms with van der Waals surface area (Å²) in [6.07, 6.45) is 0.832. The molecule has 10 fully saturated rings. The fourth-order valence-corrected chi connectivity index (χ4v) is 15.5. The molecule has 3 N–H and O–H groups in total. The minimum Gasteiger partial charge on any atom is -0.458 e. The van der Waals surface area contributed by atoms with Crippen molar-refractivity contribution in [1.82, 2.24) is 0 Å². The van der Waals surface area contributed by atoms with Gasteiger partial charge in [-0.25, -0.2) is 14.4 Å². The Kier molecular flexibility index (Phi) is 6.41. The SMILES string of the molecule is C=C1C(=O)O[C@@H]2[C@@H]3[C@@H](CC(=O)[C@]34CC[C@]3(O)CC[C@H]5C(=C)C(=O)O[C@@H]5[C@@H]5C3=C4[C@@]34O[C@]6(O)C[C@H]7C(=C)CC[C@H]8C(=C)C(=O)O[C@@H]8[C@H]7[C@]6(CC[C@@]53O)O4)C(=C)CC[C@@H]12. The van der Waals surface area contributed by atoms with Crippen LogP contribution in [0, 0.1) is 52.8 Å². The number of Topliss-reactive ketones (excluding diaryl/α,β-unsaturated/α-hetero) is 1. The molecule has 0 aromatic carbocycles. The van der Waals surface area contributed by atoms with E-state index in [1.54, 1.807) is 0 Å². The number of ether oxygens (including phenoxy) is 5. The summed E-state index contributed by atoms with van der Waals surface area (Å²) in [4.78, 5) is 55.4. The lowest BCUT2D eigenvalue weighted by atomic mass is 9.56. The predicted molar refractivity (Wildman–Crippen MR) is 196 cm³/mol. The maximum atomic E-state index is 15.5. The Morgan fingerprint density at radius 3 is 1.82 bits per heavy atom. The average Bonchev–Trinajstić information content (AvgIpc) is 3.89. The molecule has 3 spiro atoms. The lowest BCUT2D eigenvalue weighted by Crippen LogP contribution is -2.66. The normalized spacial score (nSPS) is 55.2. The van der Waals surface area contributed by atoms with E-state index in [9.17, 15) is 29.7 Å². The van der Waals surface area contributed by atoms with Crippen LogP contribution in [0.1, 0.15) is 77.0 Å². The number of esters is 3. The van der Waals surface area contributed by atoms with Gasteiger partial charge in [-0.05, 0) is 81.6 Å². The van der Waals surface area contributed by atoms with Crippen molar-refractivity contribution in [1.29, 1.82) is 0 Å². The van der Waals surface area contributed by atoms with Crippen LogP contribution in [0.15, 0.2) is 71.9 Å². The predicted octanol–water partition coefficient (Wildman–Crippen LogP) is 3.75. The molecule has 7 aliphatic carbocycles. The second-order valence-electron chi connectivity index (χ2n) is 19.7. The van der Waals surface area contributed by atoms with Crippen LogP contribution in [-0.2, 0) is 42.9 Å². The van der Waals surface area contributed by atoms with Crippen LogP contribution in [0.3, 0.4) is 0 Å². The van der Waals surface area contributed by atoms with Crippen LogP contribution >= 0.6 is 0 Å². The number of allylic oxidation sites excluding steroid dienone is 2. The van der Waals surface area contributed by atoms with Gasteiger partial charge in [-0.15, -0.1) is 0 Å². The quantitative estimate of drug-likeness (QED) is 0.141. The van der Waals surface area contributed by atoms with Crippen LogP contribution in [0.5, 0.6) is 0 Å². The Labute approximate surface area is 329 Å². The Hall–Kier alpha value is -3.68. The third-order valence-electron chi connectivity index (χ3n) is 18.0. The van der Waals surface area contributed by atoms with E-state index in [1.807, 2.05) is 0 Å². The summed E-state index contributed by atoms with van der Waals surface area (Å²) in [5.41, 5.74) is -3.39. The number of fused-ring (bicyclic) bond motifs is 11. The standard InChI is InChI=1S/C45H48O12/c1-18-6-8-23-20(3)37(47)53-33(23)29-26(18)16-28(46)41(29)13-12-40(50)11-10-25-22(5)39(49)55-35(25)31-32(40)36(41)45-42(31,51)14-15-43(56-45)30-27(17-44(43,52)57-45)19(2)7-9-24-21(4)38(48)54-34(24)30/h23-27,29-31,33-35,50-52H,1-17H2/t23-,24-,25-,26-,27-,29-,30-,31-,33-,34-,35-,40+,41+,42+,43-,44+,45+/m0/s1. The number of carbonyl (C=O) groups is 4. The number of carbonyl (C=O) groups excluding carboxylic acids is 4. The molecule has 5 heterocycles. The summed E-state index contributed by atoms with van der Waals surface area (Å²) in [6.45, 7) is 21.2. The van der Waals surface area contributed by atoms with Gasteiger partial charge in [0.05, 0.1) is 16.9 Å². The van der Waals surface area contributed by atoms with Crippen molar-refractivity contribution in [3.05, 3.63) is 71.9 Å². The third kappa shape index (κ3) is 3.62. The highest BCUT2D eigenvalue weighted by Gasteiger charge is 2.90. The summed E-state index contributed by atoms with van der Waals surface area (Å²) >= 11 is 0. The molecule has 300 valence electrons. The first-order valence-electron chi connectivity index (χ1n) is 20.9. The van der Waals surface area contributed by atoms with E-state index in [1.165, 1.54) is 0 Å². The molecule has 0 aromatic heterocycles. The van der Waals surface area contributed by atoms with Crippen molar-refractivity contribution in [2.45, 2.75) is 124 Å². The van der Waals surface area contributed by atoms with Crippen molar-refractivity contribution in [2.75, 3.05) is 0 Å². The van der Waals surface area contributed by atoms with E-state index in [0.717, 1.165) is 11.1 Å². The molecule has 5 saturated heterocycles. The van der Waals surface area contributed by atoms with Crippen LogP contribution < -0.4 is 0 Å². The number of hydrogen-bond donors (Lipinski definition) is 3. The van der Waals surface area contributed by atoms with Gasteiger partial charge in [-0.2, -0.15) is 0 Å². The molecule has 57 heavy (non-hydrogen) atoms. The van der Waals surface area contributed by atoms with Crippen LogP contribution in [0.4, 0.5) is 0 Å². The largest absolute Gasteiger partial charge is 0.458 e. The molecule has 17 atom stereocenters. The molecular formula is C45H48O12. The third-order valence-corrected chi connectivity index (χ3v) is 18.0. The minimum absolute atomic E-state index is 0.0266. The maximum Gasteiger partial charge on any atom is 0.334 e. The van der Waals surface area contributed by atoms with Gasteiger partial charge in [-0.3, -0.25) is 4.79 Å². The highest BCUT2D eigenvalue weighted by atomic mass is 16.8. The summed E-state index contributed by atoms with van der Waals surface area (Å²) in [5, 5.41) is 40.3. The second kappa shape index (κ2) is 10.4. The topological polar surface area (TPSA) is 175 Å². The smallest absolute Gasteiger partial charge is 0.334 e. The Morgan fingerprint density at radius 2 is 1.18 bits per heavy atom. The maximum absolute atomic E-state index is 15.5. The zero-order valence-electron chi connectivity index (χ0n) is 31.9. The molecule has 0 amide bonds. The van der Waals surface area contributed by atoms with Gasteiger partial charge in [0.25, 0.3) is 0 Å². The molecule has 0 aromatic rings. The first-order valence-corrected chi connectivity index (χ1v) is 20.9. The Bertz CT molecular complexity index is 2180. The fraction of sp³-hybridized carbons (Fsp3) is 0.644. The van der Waals surface area contributed by atoms with Crippen molar-refractivity contribution >= 4 is 23.7 Å². The van der Waals surface area contributed by atoms with Crippen molar-refractivity contribution < 1.29 is 58.2 Å². The van der Waals surface area contributed by atoms with Crippen LogP contribution in [-0.4, -0.2) is 85.7 Å². The summed E-state index contributed by atoms with van der Waals surface area (Å²) in [7, 11) is 0.